The van der Waals surface area contributed by atoms with E-state index in [9.17, 15) is 19.1 Å². The highest BCUT2D eigenvalue weighted by molar-refractivity contribution is 6.03. The number of ether oxygens (including phenoxy) is 1. The largest absolute Gasteiger partial charge is 0.494 e. The zero-order valence-corrected chi connectivity index (χ0v) is 15.3. The number of ketones is 1. The Morgan fingerprint density at radius 3 is 2.56 bits per heavy atom. The Bertz CT molecular complexity index is 496. The summed E-state index contributed by atoms with van der Waals surface area (Å²) in [6.07, 6.45) is 7.46. The summed E-state index contributed by atoms with van der Waals surface area (Å²) in [4.78, 5) is 25.2. The van der Waals surface area contributed by atoms with Crippen molar-refractivity contribution in [2.24, 2.45) is 11.3 Å². The molecule has 1 fully saturated rings. The summed E-state index contributed by atoms with van der Waals surface area (Å²) in [5.41, 5.74) is -1.37. The zero-order valence-electron chi connectivity index (χ0n) is 15.3. The highest BCUT2D eigenvalue weighted by Gasteiger charge is 2.51. The van der Waals surface area contributed by atoms with E-state index in [4.69, 9.17) is 4.74 Å². The van der Waals surface area contributed by atoms with Crippen LogP contribution in [0, 0.1) is 11.3 Å². The van der Waals surface area contributed by atoms with E-state index >= 15 is 0 Å². The second-order valence-electron chi connectivity index (χ2n) is 7.44. The van der Waals surface area contributed by atoms with Crippen molar-refractivity contribution in [3.05, 3.63) is 11.8 Å². The molecule has 0 saturated heterocycles. The number of alkyl halides is 1. The molecule has 1 unspecified atom stereocenters. The molecule has 5 heteroatoms. The van der Waals surface area contributed by atoms with Crippen LogP contribution >= 0.6 is 0 Å². The number of unbranched alkanes of at least 4 members (excludes halogenated alkanes) is 1. The van der Waals surface area contributed by atoms with Gasteiger partial charge < -0.3 is 9.84 Å². The second-order valence-corrected chi connectivity index (χ2v) is 7.44. The summed E-state index contributed by atoms with van der Waals surface area (Å²) in [6, 6.07) is 0. The van der Waals surface area contributed by atoms with Gasteiger partial charge in [-0.25, -0.2) is 4.39 Å². The molecule has 1 aliphatic carbocycles. The zero-order chi connectivity index (χ0) is 18.3. The lowest BCUT2D eigenvalue weighted by Gasteiger charge is -2.35. The molecule has 2 rings (SSSR count). The molecule has 0 aromatic rings. The summed E-state index contributed by atoms with van der Waals surface area (Å²) in [7, 11) is 0. The van der Waals surface area contributed by atoms with Crippen LogP contribution in [-0.2, 0) is 14.3 Å². The molecule has 0 spiro atoms. The molecule has 142 valence electrons. The third-order valence-corrected chi connectivity index (χ3v) is 5.83. The molecular formula is C20H31FO4. The normalized spacial score (nSPS) is 21.0. The van der Waals surface area contributed by atoms with Gasteiger partial charge in [-0.05, 0) is 44.1 Å². The van der Waals surface area contributed by atoms with E-state index < -0.39 is 17.6 Å². The van der Waals surface area contributed by atoms with Crippen molar-refractivity contribution >= 4 is 11.8 Å². The van der Waals surface area contributed by atoms with Crippen LogP contribution in [0.4, 0.5) is 4.39 Å². The minimum atomic E-state index is -1.37. The number of rotatable bonds is 12. The minimum Gasteiger partial charge on any atom is -0.494 e. The number of hydrogen-bond acceptors (Lipinski definition) is 3. The third kappa shape index (κ3) is 4.83. The van der Waals surface area contributed by atoms with Crippen LogP contribution in [0.3, 0.4) is 0 Å². The number of Topliss-reactive ketones (excluding diaryl/α,β-unsaturated/α-hetero) is 1. The fourth-order valence-corrected chi connectivity index (χ4v) is 4.17. The van der Waals surface area contributed by atoms with Gasteiger partial charge in [-0.2, -0.15) is 0 Å². The standard InChI is InChI=1S/C20H31FO4/c1-2-3-8-16(21)9-10-18(22)20(19(23)24,15-6-4-5-7-15)13-11-17-12-14-25-17/h12,15-16H,2-11,13-14H2,1H3,(H,23,24)/t16?,20-/m1/s1. The summed E-state index contributed by atoms with van der Waals surface area (Å²) < 4.78 is 19.3. The summed E-state index contributed by atoms with van der Waals surface area (Å²) >= 11 is 0. The molecule has 1 N–H and O–H groups in total. The van der Waals surface area contributed by atoms with Crippen LogP contribution in [0.25, 0.3) is 0 Å². The van der Waals surface area contributed by atoms with Crippen LogP contribution in [0.2, 0.25) is 0 Å². The van der Waals surface area contributed by atoms with Crippen molar-refractivity contribution in [3.63, 3.8) is 0 Å². The van der Waals surface area contributed by atoms with Crippen LogP contribution < -0.4 is 0 Å². The molecule has 0 aromatic carbocycles. The van der Waals surface area contributed by atoms with Crippen LogP contribution in [0.1, 0.15) is 77.6 Å². The predicted molar refractivity (Wildman–Crippen MR) is 94.0 cm³/mol. The molecule has 25 heavy (non-hydrogen) atoms. The van der Waals surface area contributed by atoms with Gasteiger partial charge in [0.25, 0.3) is 0 Å². The monoisotopic (exact) mass is 354 g/mol. The van der Waals surface area contributed by atoms with E-state index in [1.54, 1.807) is 0 Å². The quantitative estimate of drug-likeness (QED) is 0.510. The predicted octanol–water partition coefficient (Wildman–Crippen LogP) is 4.82. The van der Waals surface area contributed by atoms with Crippen molar-refractivity contribution in [2.45, 2.75) is 83.7 Å². The van der Waals surface area contributed by atoms with E-state index in [0.29, 0.717) is 19.4 Å². The maximum absolute atomic E-state index is 14.0. The molecule has 2 aliphatic rings. The number of aliphatic carboxylic acids is 1. The second kappa shape index (κ2) is 9.35. The van der Waals surface area contributed by atoms with Crippen molar-refractivity contribution in [1.82, 2.24) is 0 Å². The first-order valence-corrected chi connectivity index (χ1v) is 9.73. The molecule has 0 aromatic heterocycles. The Morgan fingerprint density at radius 2 is 2.04 bits per heavy atom. The number of allylic oxidation sites excluding steroid dienone is 1. The van der Waals surface area contributed by atoms with Crippen molar-refractivity contribution in [2.75, 3.05) is 6.61 Å². The Balaban J connectivity index is 2.07. The highest BCUT2D eigenvalue weighted by Crippen LogP contribution is 2.46. The number of carboxylic acids is 1. The number of carbonyl (C=O) groups excluding carboxylic acids is 1. The fourth-order valence-electron chi connectivity index (χ4n) is 4.17. The first-order chi connectivity index (χ1) is 12.0. The first kappa shape index (κ1) is 19.9. The molecule has 0 amide bonds. The SMILES string of the molecule is CCCCC(F)CCC(=O)[C@](CCC1=CCO1)(C(=O)O)C1CCCC1. The number of carboxylic acid groups (broad SMARTS) is 1. The van der Waals surface area contributed by atoms with Gasteiger partial charge in [0.2, 0.25) is 0 Å². The van der Waals surface area contributed by atoms with Crippen molar-refractivity contribution in [3.8, 4) is 0 Å². The Labute approximate surface area is 149 Å². The molecule has 1 heterocycles. The van der Waals surface area contributed by atoms with Gasteiger partial charge in [0.05, 0.1) is 5.76 Å². The fraction of sp³-hybridized carbons (Fsp3) is 0.800. The third-order valence-electron chi connectivity index (χ3n) is 5.83. The minimum absolute atomic E-state index is 0.0214. The molecule has 0 bridgehead atoms. The summed E-state index contributed by atoms with van der Waals surface area (Å²) in [5, 5.41) is 9.99. The van der Waals surface area contributed by atoms with E-state index in [2.05, 4.69) is 0 Å². The Hall–Kier alpha value is -1.39. The van der Waals surface area contributed by atoms with E-state index in [-0.39, 0.29) is 31.0 Å². The molecule has 2 atom stereocenters. The average Bonchev–Trinajstić information content (AvgIpc) is 3.07. The Morgan fingerprint density at radius 1 is 1.36 bits per heavy atom. The number of hydrogen-bond donors (Lipinski definition) is 1. The van der Waals surface area contributed by atoms with Gasteiger partial charge in [0, 0.05) is 12.8 Å². The maximum atomic E-state index is 14.0. The van der Waals surface area contributed by atoms with Gasteiger partial charge in [-0.15, -0.1) is 0 Å². The van der Waals surface area contributed by atoms with Crippen molar-refractivity contribution < 1.29 is 23.8 Å². The average molecular weight is 354 g/mol. The summed E-state index contributed by atoms with van der Waals surface area (Å²) in [6.45, 7) is 2.57. The number of halogens is 1. The van der Waals surface area contributed by atoms with Gasteiger partial charge in [-0.1, -0.05) is 32.6 Å². The van der Waals surface area contributed by atoms with Gasteiger partial charge in [0.1, 0.15) is 18.2 Å². The molecule has 1 saturated carbocycles. The maximum Gasteiger partial charge on any atom is 0.317 e. The van der Waals surface area contributed by atoms with E-state index in [1.807, 2.05) is 13.0 Å². The summed E-state index contributed by atoms with van der Waals surface area (Å²) in [5.74, 6) is -0.672. The van der Waals surface area contributed by atoms with Crippen molar-refractivity contribution in [1.29, 1.82) is 0 Å². The van der Waals surface area contributed by atoms with Gasteiger partial charge >= 0.3 is 5.97 Å². The molecular weight excluding hydrogens is 323 g/mol. The lowest BCUT2D eigenvalue weighted by molar-refractivity contribution is -0.160. The number of carbonyl (C=O) groups is 2. The topological polar surface area (TPSA) is 63.6 Å². The van der Waals surface area contributed by atoms with Gasteiger partial charge in [-0.3, -0.25) is 9.59 Å². The molecule has 4 nitrogen and oxygen atoms in total. The van der Waals surface area contributed by atoms with Gasteiger partial charge in [0.15, 0.2) is 5.78 Å². The highest BCUT2D eigenvalue weighted by atomic mass is 19.1. The van der Waals surface area contributed by atoms with Crippen LogP contribution in [0.5, 0.6) is 0 Å². The molecule has 0 radical (unpaired) electrons. The molecule has 1 aliphatic heterocycles. The lowest BCUT2D eigenvalue weighted by Crippen LogP contribution is -2.45. The Kier molecular flexibility index (Phi) is 7.45. The van der Waals surface area contributed by atoms with Crippen LogP contribution in [-0.4, -0.2) is 29.6 Å². The van der Waals surface area contributed by atoms with E-state index in [0.717, 1.165) is 44.3 Å². The first-order valence-electron chi connectivity index (χ1n) is 9.73. The van der Waals surface area contributed by atoms with E-state index in [1.165, 1.54) is 0 Å². The smallest absolute Gasteiger partial charge is 0.317 e. The lowest BCUT2D eigenvalue weighted by atomic mass is 9.67. The van der Waals surface area contributed by atoms with Crippen LogP contribution in [0.15, 0.2) is 11.8 Å².